The van der Waals surface area contributed by atoms with Crippen molar-refractivity contribution < 1.29 is 27.5 Å². The normalized spacial score (nSPS) is 13.8. The summed E-state index contributed by atoms with van der Waals surface area (Å²) < 4.78 is 31.5. The van der Waals surface area contributed by atoms with E-state index < -0.39 is 21.9 Å². The number of sulfonamides is 1. The number of allylic oxidation sites excluding steroid dienone is 1. The van der Waals surface area contributed by atoms with E-state index in [2.05, 4.69) is 5.32 Å². The molecule has 2 amide bonds. The van der Waals surface area contributed by atoms with Crippen molar-refractivity contribution in [3.8, 4) is 11.1 Å². The number of fused-ring (bicyclic) bond motifs is 1. The first kappa shape index (κ1) is 24.4. The standard InChI is InChI=1S/C25H22N2O6S2/c1-16(2)14-21(28)26-23-22(19(15-34-23)17-8-4-3-5-9-17)25(30)33-13-12-27-24(29)18-10-6-7-11-20(18)35(27,31)32/h3-11,14-15H,12-13H2,1-2H3,(H,26,28). The molecule has 0 unspecified atom stereocenters. The number of rotatable bonds is 7. The zero-order chi connectivity index (χ0) is 25.2. The van der Waals surface area contributed by atoms with Crippen LogP contribution in [0.2, 0.25) is 0 Å². The second-order valence-corrected chi connectivity index (χ2v) is 10.7. The molecule has 0 aliphatic carbocycles. The van der Waals surface area contributed by atoms with E-state index in [9.17, 15) is 22.8 Å². The Kier molecular flexibility index (Phi) is 6.86. The largest absolute Gasteiger partial charge is 0.460 e. The van der Waals surface area contributed by atoms with Crippen LogP contribution in [-0.2, 0) is 19.6 Å². The molecule has 0 bridgehead atoms. The van der Waals surface area contributed by atoms with Crippen molar-refractivity contribution in [2.24, 2.45) is 0 Å². The summed E-state index contributed by atoms with van der Waals surface area (Å²) in [6.45, 7) is 2.89. The number of thiophene rings is 1. The molecule has 8 nitrogen and oxygen atoms in total. The van der Waals surface area contributed by atoms with Gasteiger partial charge in [0.05, 0.1) is 12.1 Å². The zero-order valence-electron chi connectivity index (χ0n) is 19.0. The van der Waals surface area contributed by atoms with E-state index in [4.69, 9.17) is 4.74 Å². The van der Waals surface area contributed by atoms with Crippen LogP contribution in [0.3, 0.4) is 0 Å². The van der Waals surface area contributed by atoms with Gasteiger partial charge in [-0.25, -0.2) is 17.5 Å². The summed E-state index contributed by atoms with van der Waals surface area (Å²) in [5.41, 5.74) is 2.38. The second-order valence-electron chi connectivity index (χ2n) is 7.94. The lowest BCUT2D eigenvalue weighted by Crippen LogP contribution is -2.33. The summed E-state index contributed by atoms with van der Waals surface area (Å²) in [6.07, 6.45) is 1.42. The van der Waals surface area contributed by atoms with Gasteiger partial charge in [-0.2, -0.15) is 0 Å². The van der Waals surface area contributed by atoms with Crippen LogP contribution in [0.25, 0.3) is 11.1 Å². The highest BCUT2D eigenvalue weighted by atomic mass is 32.2. The maximum Gasteiger partial charge on any atom is 0.341 e. The third-order valence-corrected chi connectivity index (χ3v) is 7.91. The van der Waals surface area contributed by atoms with Crippen molar-refractivity contribution in [2.75, 3.05) is 18.5 Å². The molecule has 0 saturated carbocycles. The average molecular weight is 511 g/mol. The molecule has 2 heterocycles. The summed E-state index contributed by atoms with van der Waals surface area (Å²) in [4.78, 5) is 37.9. The van der Waals surface area contributed by atoms with Crippen LogP contribution in [0.5, 0.6) is 0 Å². The van der Waals surface area contributed by atoms with Crippen LogP contribution in [0.4, 0.5) is 5.00 Å². The smallest absolute Gasteiger partial charge is 0.341 e. The van der Waals surface area contributed by atoms with E-state index >= 15 is 0 Å². The Morgan fingerprint density at radius 1 is 1.03 bits per heavy atom. The van der Waals surface area contributed by atoms with Crippen molar-refractivity contribution >= 4 is 44.1 Å². The fourth-order valence-electron chi connectivity index (χ4n) is 3.64. The predicted molar refractivity (Wildman–Crippen MR) is 133 cm³/mol. The summed E-state index contributed by atoms with van der Waals surface area (Å²) in [5.74, 6) is -1.78. The Hall–Kier alpha value is -3.76. The van der Waals surface area contributed by atoms with Crippen LogP contribution < -0.4 is 5.32 Å². The lowest BCUT2D eigenvalue weighted by molar-refractivity contribution is -0.111. The molecule has 3 aromatic rings. The van der Waals surface area contributed by atoms with Gasteiger partial charge in [0, 0.05) is 17.0 Å². The first-order valence-corrected chi connectivity index (χ1v) is 13.0. The Balaban J connectivity index is 1.55. The van der Waals surface area contributed by atoms with E-state index in [1.807, 2.05) is 30.3 Å². The van der Waals surface area contributed by atoms with Gasteiger partial charge >= 0.3 is 5.97 Å². The zero-order valence-corrected chi connectivity index (χ0v) is 20.6. The number of carbonyl (C=O) groups is 3. The Labute approximate surface area is 206 Å². The maximum absolute atomic E-state index is 13.1. The Morgan fingerprint density at radius 2 is 1.71 bits per heavy atom. The van der Waals surface area contributed by atoms with Crippen molar-refractivity contribution in [1.82, 2.24) is 4.31 Å². The molecule has 1 aliphatic rings. The molecule has 1 aliphatic heterocycles. The highest BCUT2D eigenvalue weighted by Gasteiger charge is 2.40. The molecule has 0 fully saturated rings. The maximum atomic E-state index is 13.1. The lowest BCUT2D eigenvalue weighted by Gasteiger charge is -2.15. The van der Waals surface area contributed by atoms with Crippen LogP contribution in [0, 0.1) is 0 Å². The predicted octanol–water partition coefficient (Wildman–Crippen LogP) is 4.32. The van der Waals surface area contributed by atoms with Gasteiger partial charge in [-0.05, 0) is 31.5 Å². The number of benzene rings is 2. The number of anilines is 1. The average Bonchev–Trinajstić information content (AvgIpc) is 3.32. The SMILES string of the molecule is CC(C)=CC(=O)Nc1scc(-c2ccccc2)c1C(=O)OCCN1C(=O)c2ccccc2S1(=O)=O. The van der Waals surface area contributed by atoms with Gasteiger partial charge in [0.15, 0.2) is 0 Å². The van der Waals surface area contributed by atoms with Crippen molar-refractivity contribution in [2.45, 2.75) is 18.7 Å². The number of ether oxygens (including phenoxy) is 1. The minimum absolute atomic E-state index is 0.0650. The minimum Gasteiger partial charge on any atom is -0.460 e. The molecule has 1 aromatic heterocycles. The number of hydrogen-bond acceptors (Lipinski definition) is 7. The van der Waals surface area contributed by atoms with Crippen LogP contribution >= 0.6 is 11.3 Å². The summed E-state index contributed by atoms with van der Waals surface area (Å²) in [7, 11) is -4.00. The van der Waals surface area contributed by atoms with Gasteiger partial charge in [0.1, 0.15) is 22.1 Å². The quantitative estimate of drug-likeness (QED) is 0.374. The number of hydrogen-bond donors (Lipinski definition) is 1. The molecule has 4 rings (SSSR count). The number of amides is 2. The van der Waals surface area contributed by atoms with Gasteiger partial charge in [-0.3, -0.25) is 9.59 Å². The molecular weight excluding hydrogens is 488 g/mol. The summed E-state index contributed by atoms with van der Waals surface area (Å²) in [6, 6.07) is 15.1. The molecule has 0 radical (unpaired) electrons. The first-order chi connectivity index (χ1) is 16.7. The third kappa shape index (κ3) is 4.89. The fraction of sp³-hybridized carbons (Fsp3) is 0.160. The highest BCUT2D eigenvalue weighted by molar-refractivity contribution is 7.90. The van der Waals surface area contributed by atoms with Gasteiger partial charge < -0.3 is 10.1 Å². The second kappa shape index (κ2) is 9.85. The Morgan fingerprint density at radius 3 is 2.40 bits per heavy atom. The van der Waals surface area contributed by atoms with E-state index in [-0.39, 0.29) is 35.1 Å². The third-order valence-electron chi connectivity index (χ3n) is 5.18. The molecular formula is C25H22N2O6S2. The molecule has 1 N–H and O–H groups in total. The number of nitrogens with one attached hydrogen (secondary N) is 1. The number of nitrogens with zero attached hydrogens (tertiary/aromatic N) is 1. The van der Waals surface area contributed by atoms with E-state index in [0.29, 0.717) is 14.9 Å². The van der Waals surface area contributed by atoms with E-state index in [1.165, 1.54) is 29.5 Å². The molecule has 180 valence electrons. The van der Waals surface area contributed by atoms with Gasteiger partial charge in [-0.1, -0.05) is 48.0 Å². The highest BCUT2D eigenvalue weighted by Crippen LogP contribution is 2.36. The summed E-state index contributed by atoms with van der Waals surface area (Å²) in [5, 5.41) is 4.78. The van der Waals surface area contributed by atoms with E-state index in [0.717, 1.165) is 11.1 Å². The molecule has 35 heavy (non-hydrogen) atoms. The topological polar surface area (TPSA) is 110 Å². The number of carbonyl (C=O) groups excluding carboxylic acids is 3. The molecule has 0 saturated heterocycles. The van der Waals surface area contributed by atoms with Crippen LogP contribution in [0.15, 0.2) is 76.5 Å². The molecule has 0 atom stereocenters. The monoisotopic (exact) mass is 510 g/mol. The van der Waals surface area contributed by atoms with Gasteiger partial charge in [0.25, 0.3) is 15.9 Å². The van der Waals surface area contributed by atoms with Crippen LogP contribution in [0.1, 0.15) is 34.6 Å². The van der Waals surface area contributed by atoms with Crippen LogP contribution in [-0.4, -0.2) is 43.7 Å². The molecule has 10 heteroatoms. The summed E-state index contributed by atoms with van der Waals surface area (Å²) >= 11 is 1.18. The van der Waals surface area contributed by atoms with Crippen molar-refractivity contribution in [3.05, 3.63) is 82.8 Å². The first-order valence-electron chi connectivity index (χ1n) is 10.7. The van der Waals surface area contributed by atoms with Gasteiger partial charge in [-0.15, -0.1) is 11.3 Å². The lowest BCUT2D eigenvalue weighted by atomic mass is 10.0. The minimum atomic E-state index is -4.00. The van der Waals surface area contributed by atoms with E-state index in [1.54, 1.807) is 31.4 Å². The van der Waals surface area contributed by atoms with Crippen molar-refractivity contribution in [3.63, 3.8) is 0 Å². The molecule has 2 aromatic carbocycles. The fourth-order valence-corrected chi connectivity index (χ4v) is 6.15. The molecule has 0 spiro atoms. The Bertz CT molecular complexity index is 1440. The van der Waals surface area contributed by atoms with Crippen molar-refractivity contribution in [1.29, 1.82) is 0 Å². The van der Waals surface area contributed by atoms with Gasteiger partial charge in [0.2, 0.25) is 5.91 Å². The number of esters is 1.